The van der Waals surface area contributed by atoms with Gasteiger partial charge in [-0.2, -0.15) is 0 Å². The highest BCUT2D eigenvalue weighted by Crippen LogP contribution is 2.45. The van der Waals surface area contributed by atoms with Crippen LogP contribution in [0.25, 0.3) is 5.76 Å². The topological polar surface area (TPSA) is 111 Å². The summed E-state index contributed by atoms with van der Waals surface area (Å²) in [6.45, 7) is 3.42. The predicted molar refractivity (Wildman–Crippen MR) is 180 cm³/mol. The molecule has 2 aliphatic heterocycles. The third kappa shape index (κ3) is 6.83. The van der Waals surface area contributed by atoms with Crippen molar-refractivity contribution in [2.75, 3.05) is 24.7 Å². The highest BCUT2D eigenvalue weighted by atomic mass is 35.5. The molecule has 0 spiro atoms. The molecule has 1 unspecified atom stereocenters. The highest BCUT2D eigenvalue weighted by molar-refractivity contribution is 8.00. The van der Waals surface area contributed by atoms with E-state index in [9.17, 15) is 14.7 Å². The number of aliphatic hydroxyl groups is 1. The Morgan fingerprint density at radius 3 is 2.67 bits per heavy atom. The number of thioether (sulfide) groups is 1. The van der Waals surface area contributed by atoms with Crippen molar-refractivity contribution in [2.45, 2.75) is 42.3 Å². The van der Waals surface area contributed by atoms with Gasteiger partial charge in [0.15, 0.2) is 15.8 Å². The van der Waals surface area contributed by atoms with E-state index in [1.165, 1.54) is 28.0 Å². The largest absolute Gasteiger partial charge is 0.507 e. The summed E-state index contributed by atoms with van der Waals surface area (Å²) in [7, 11) is 0. The molecule has 2 aliphatic rings. The van der Waals surface area contributed by atoms with E-state index in [2.05, 4.69) is 17.1 Å². The molecule has 1 N–H and O–H groups in total. The van der Waals surface area contributed by atoms with Gasteiger partial charge >= 0.3 is 5.91 Å². The number of nitrogens with zero attached hydrogens (tertiary/aromatic N) is 3. The molecule has 1 atom stereocenters. The molecule has 3 aromatic carbocycles. The number of hydrogen-bond acceptors (Lipinski definition) is 10. The van der Waals surface area contributed by atoms with Gasteiger partial charge in [-0.25, -0.2) is 0 Å². The second kappa shape index (κ2) is 14.3. The lowest BCUT2D eigenvalue weighted by Gasteiger charge is -2.23. The fourth-order valence-corrected chi connectivity index (χ4v) is 7.57. The maximum atomic E-state index is 13.7. The van der Waals surface area contributed by atoms with Gasteiger partial charge in [0, 0.05) is 21.4 Å². The van der Waals surface area contributed by atoms with Gasteiger partial charge in [-0.3, -0.25) is 14.5 Å². The van der Waals surface area contributed by atoms with Gasteiger partial charge in [0.2, 0.25) is 5.13 Å². The van der Waals surface area contributed by atoms with Crippen molar-refractivity contribution >= 4 is 68.9 Å². The quantitative estimate of drug-likeness (QED) is 0.0415. The standard InChI is InChI=1S/C33H29Cl2N3O6S2/c1-2-3-4-12-42-23-7-5-6-19(15-23)28-27(29(39)20-9-11-25-26(16-20)44-14-13-43-25)30(40)31(41)38(28)32-36-37-33(46-32)45-18-21-8-10-22(34)17-24(21)35/h5-11,15-17,28,39H,2-4,12-14,18H2,1H3. The summed E-state index contributed by atoms with van der Waals surface area (Å²) >= 11 is 14.9. The fraction of sp³-hybridized carbons (Fsp3) is 0.273. The first-order chi connectivity index (χ1) is 22.3. The highest BCUT2D eigenvalue weighted by Gasteiger charge is 2.48. The van der Waals surface area contributed by atoms with E-state index < -0.39 is 17.7 Å². The lowest BCUT2D eigenvalue weighted by molar-refractivity contribution is -0.132. The van der Waals surface area contributed by atoms with Crippen molar-refractivity contribution in [2.24, 2.45) is 0 Å². The molecule has 6 rings (SSSR count). The number of aliphatic hydroxyl groups excluding tert-OH is 1. The van der Waals surface area contributed by atoms with E-state index in [0.29, 0.717) is 68.3 Å². The predicted octanol–water partition coefficient (Wildman–Crippen LogP) is 8.10. The second-order valence-corrected chi connectivity index (χ2v) is 13.6. The maximum Gasteiger partial charge on any atom is 0.301 e. The zero-order chi connectivity index (χ0) is 32.2. The smallest absolute Gasteiger partial charge is 0.301 e. The van der Waals surface area contributed by atoms with Crippen LogP contribution >= 0.6 is 46.3 Å². The lowest BCUT2D eigenvalue weighted by atomic mass is 9.95. The Morgan fingerprint density at radius 1 is 1.04 bits per heavy atom. The number of ether oxygens (including phenoxy) is 3. The van der Waals surface area contributed by atoms with Crippen LogP contribution in [0.15, 0.2) is 70.6 Å². The van der Waals surface area contributed by atoms with Gasteiger partial charge < -0.3 is 19.3 Å². The Bertz CT molecular complexity index is 1810. The van der Waals surface area contributed by atoms with Gasteiger partial charge in [0.25, 0.3) is 5.78 Å². The Labute approximate surface area is 284 Å². The van der Waals surface area contributed by atoms with Crippen molar-refractivity contribution in [3.8, 4) is 17.2 Å². The molecule has 13 heteroatoms. The summed E-state index contributed by atoms with van der Waals surface area (Å²) in [5.41, 5.74) is 1.67. The van der Waals surface area contributed by atoms with Crippen LogP contribution in [0.2, 0.25) is 10.0 Å². The number of halogens is 2. The van der Waals surface area contributed by atoms with Crippen LogP contribution in [0.5, 0.6) is 17.2 Å². The Hall–Kier alpha value is -3.77. The van der Waals surface area contributed by atoms with Crippen molar-refractivity contribution in [1.82, 2.24) is 10.2 Å². The van der Waals surface area contributed by atoms with Crippen LogP contribution < -0.4 is 19.1 Å². The minimum atomic E-state index is -0.996. The van der Waals surface area contributed by atoms with E-state index in [0.717, 1.165) is 24.8 Å². The number of Topliss-reactive ketones (excluding diaryl/α,β-unsaturated/α-hetero) is 1. The minimum absolute atomic E-state index is 0.0813. The van der Waals surface area contributed by atoms with Crippen LogP contribution in [0, 0.1) is 0 Å². The molecule has 0 saturated carbocycles. The molecule has 1 aromatic heterocycles. The first-order valence-electron chi connectivity index (χ1n) is 14.7. The van der Waals surface area contributed by atoms with E-state index in [4.69, 9.17) is 37.4 Å². The first-order valence-corrected chi connectivity index (χ1v) is 17.2. The lowest BCUT2D eigenvalue weighted by Crippen LogP contribution is -2.29. The summed E-state index contributed by atoms with van der Waals surface area (Å²) < 4.78 is 17.9. The molecule has 1 fully saturated rings. The molecule has 238 valence electrons. The molecule has 9 nitrogen and oxygen atoms in total. The molecule has 1 saturated heterocycles. The fourth-order valence-electron chi connectivity index (χ4n) is 5.14. The summed E-state index contributed by atoms with van der Waals surface area (Å²) in [5.74, 6) is 0.0481. The Morgan fingerprint density at radius 2 is 1.87 bits per heavy atom. The number of rotatable bonds is 11. The van der Waals surface area contributed by atoms with Crippen LogP contribution in [0.3, 0.4) is 0 Å². The number of aromatic nitrogens is 2. The third-order valence-corrected chi connectivity index (χ3v) is 10.1. The molecular weight excluding hydrogens is 669 g/mol. The number of ketones is 1. The zero-order valence-electron chi connectivity index (χ0n) is 24.7. The zero-order valence-corrected chi connectivity index (χ0v) is 27.8. The van der Waals surface area contributed by atoms with E-state index in [1.54, 1.807) is 48.5 Å². The third-order valence-electron chi connectivity index (χ3n) is 7.42. The average molecular weight is 699 g/mol. The van der Waals surface area contributed by atoms with E-state index >= 15 is 0 Å². The number of unbranched alkanes of at least 4 members (excludes halogenated alkanes) is 2. The number of carbonyl (C=O) groups excluding carboxylic acids is 2. The number of amides is 1. The minimum Gasteiger partial charge on any atom is -0.507 e. The monoisotopic (exact) mass is 697 g/mol. The van der Waals surface area contributed by atoms with Crippen LogP contribution in [-0.2, 0) is 15.3 Å². The van der Waals surface area contributed by atoms with Crippen molar-refractivity contribution in [3.63, 3.8) is 0 Å². The summed E-state index contributed by atoms with van der Waals surface area (Å²) in [6, 6.07) is 16.4. The number of anilines is 1. The summed E-state index contributed by atoms with van der Waals surface area (Å²) in [5, 5.41) is 21.5. The van der Waals surface area contributed by atoms with Crippen LogP contribution in [-0.4, -0.2) is 46.8 Å². The summed E-state index contributed by atoms with van der Waals surface area (Å²) in [6.07, 6.45) is 3.00. The molecule has 3 heterocycles. The van der Waals surface area contributed by atoms with Gasteiger partial charge in [-0.05, 0) is 60.0 Å². The Kier molecular flexibility index (Phi) is 10.0. The molecule has 1 amide bonds. The Balaban J connectivity index is 1.37. The SMILES string of the molecule is CCCCCOc1cccc(C2C(=C(O)c3ccc4c(c3)OCCO4)C(=O)C(=O)N2c2nnc(SCc3ccc(Cl)cc3Cl)s2)c1. The van der Waals surface area contributed by atoms with Crippen molar-refractivity contribution in [3.05, 3.63) is 93.0 Å². The van der Waals surface area contributed by atoms with Gasteiger partial charge in [0.1, 0.15) is 24.7 Å². The average Bonchev–Trinajstić information content (AvgIpc) is 3.63. The second-order valence-electron chi connectivity index (χ2n) is 10.5. The van der Waals surface area contributed by atoms with Crippen molar-refractivity contribution < 1.29 is 28.9 Å². The summed E-state index contributed by atoms with van der Waals surface area (Å²) in [4.78, 5) is 28.7. The number of carbonyl (C=O) groups is 2. The van der Waals surface area contributed by atoms with Gasteiger partial charge in [-0.1, -0.05) is 84.3 Å². The van der Waals surface area contributed by atoms with Crippen molar-refractivity contribution in [1.29, 1.82) is 0 Å². The molecule has 46 heavy (non-hydrogen) atoms. The first kappa shape index (κ1) is 32.2. The number of benzene rings is 3. The molecule has 0 bridgehead atoms. The number of hydrogen-bond donors (Lipinski definition) is 1. The number of fused-ring (bicyclic) bond motifs is 1. The normalized spacial score (nSPS) is 17.0. The van der Waals surface area contributed by atoms with Crippen LogP contribution in [0.4, 0.5) is 5.13 Å². The van der Waals surface area contributed by atoms with E-state index in [-0.39, 0.29) is 16.5 Å². The molecule has 4 aromatic rings. The molecular formula is C33H29Cl2N3O6S2. The molecule has 0 radical (unpaired) electrons. The van der Waals surface area contributed by atoms with Gasteiger partial charge in [0.05, 0.1) is 18.2 Å². The van der Waals surface area contributed by atoms with Crippen LogP contribution in [0.1, 0.15) is 48.9 Å². The van der Waals surface area contributed by atoms with E-state index in [1.807, 2.05) is 12.1 Å². The van der Waals surface area contributed by atoms with Gasteiger partial charge in [-0.15, -0.1) is 10.2 Å². The molecule has 0 aliphatic carbocycles. The maximum absolute atomic E-state index is 13.7.